The van der Waals surface area contributed by atoms with E-state index >= 15 is 0 Å². The number of carbonyl (C=O) groups excluding carboxylic acids is 1. The molecule has 1 N–H and O–H groups in total. The number of halogens is 1. The average molecular weight is 415 g/mol. The summed E-state index contributed by atoms with van der Waals surface area (Å²) in [7, 11) is 0. The highest BCUT2D eigenvalue weighted by atomic mass is 35.5. The lowest BCUT2D eigenvalue weighted by molar-refractivity contribution is -0.113. The van der Waals surface area contributed by atoms with Crippen molar-refractivity contribution in [1.82, 2.24) is 14.8 Å². The highest BCUT2D eigenvalue weighted by Gasteiger charge is 2.15. The fourth-order valence-corrected chi connectivity index (χ4v) is 3.79. The second-order valence-corrected chi connectivity index (χ2v) is 8.00. The topological polar surface area (TPSA) is 59.8 Å². The molecule has 0 spiro atoms. The van der Waals surface area contributed by atoms with Crippen LogP contribution in [0.5, 0.6) is 0 Å². The maximum atomic E-state index is 12.4. The van der Waals surface area contributed by atoms with Gasteiger partial charge in [0.25, 0.3) is 0 Å². The fourth-order valence-electron chi connectivity index (χ4n) is 2.90. The fraction of sp³-hybridized carbons (Fsp3) is 0.286. The molecule has 1 heterocycles. The molecule has 3 rings (SSSR count). The standard InChI is InChI=1S/C21H23ClN4OS/c1-4-11-26-20(16-6-8-17(22)9-7-16)24-25-21(26)28-13-19(27)23-18-10-5-14(2)12-15(18)3/h5-10,12H,4,11,13H2,1-3H3,(H,23,27). The molecule has 1 amide bonds. The first-order valence-electron chi connectivity index (χ1n) is 9.17. The zero-order chi connectivity index (χ0) is 20.1. The van der Waals surface area contributed by atoms with Gasteiger partial charge in [-0.2, -0.15) is 0 Å². The number of nitrogens with zero attached hydrogens (tertiary/aromatic N) is 3. The minimum atomic E-state index is -0.0592. The third kappa shape index (κ3) is 4.94. The molecule has 0 aliphatic heterocycles. The number of nitrogens with one attached hydrogen (secondary N) is 1. The number of aryl methyl sites for hydroxylation is 2. The van der Waals surface area contributed by atoms with Gasteiger partial charge in [0.15, 0.2) is 11.0 Å². The van der Waals surface area contributed by atoms with E-state index in [0.29, 0.717) is 5.02 Å². The van der Waals surface area contributed by atoms with Gasteiger partial charge in [0, 0.05) is 22.8 Å². The predicted molar refractivity (Wildman–Crippen MR) is 116 cm³/mol. The molecule has 5 nitrogen and oxygen atoms in total. The number of benzene rings is 2. The molecule has 0 aliphatic carbocycles. The van der Waals surface area contributed by atoms with Gasteiger partial charge < -0.3 is 9.88 Å². The highest BCUT2D eigenvalue weighted by molar-refractivity contribution is 7.99. The van der Waals surface area contributed by atoms with Gasteiger partial charge in [-0.25, -0.2) is 0 Å². The van der Waals surface area contributed by atoms with Crippen molar-refractivity contribution in [2.75, 3.05) is 11.1 Å². The van der Waals surface area contributed by atoms with Crippen LogP contribution < -0.4 is 5.32 Å². The Morgan fingerprint density at radius 3 is 2.57 bits per heavy atom. The summed E-state index contributed by atoms with van der Waals surface area (Å²) in [4.78, 5) is 12.4. The summed E-state index contributed by atoms with van der Waals surface area (Å²) in [6.07, 6.45) is 0.945. The Hall–Kier alpha value is -2.31. The lowest BCUT2D eigenvalue weighted by Gasteiger charge is -2.10. The summed E-state index contributed by atoms with van der Waals surface area (Å²) in [5, 5.41) is 13.0. The molecule has 0 fully saturated rings. The molecule has 0 unspecified atom stereocenters. The van der Waals surface area contributed by atoms with Gasteiger partial charge in [-0.1, -0.05) is 48.0 Å². The monoisotopic (exact) mass is 414 g/mol. The van der Waals surface area contributed by atoms with E-state index in [-0.39, 0.29) is 11.7 Å². The molecule has 1 aromatic heterocycles. The first-order chi connectivity index (χ1) is 13.5. The van der Waals surface area contributed by atoms with Gasteiger partial charge in [0.2, 0.25) is 5.91 Å². The number of hydrogen-bond acceptors (Lipinski definition) is 4. The van der Waals surface area contributed by atoms with E-state index in [1.807, 2.05) is 50.2 Å². The van der Waals surface area contributed by atoms with E-state index in [1.165, 1.54) is 17.3 Å². The maximum Gasteiger partial charge on any atom is 0.234 e. The SMILES string of the molecule is CCCn1c(SCC(=O)Nc2ccc(C)cc2C)nnc1-c1ccc(Cl)cc1. The molecule has 0 atom stereocenters. The van der Waals surface area contributed by atoms with Crippen molar-refractivity contribution in [3.8, 4) is 11.4 Å². The second-order valence-electron chi connectivity index (χ2n) is 6.62. The molecule has 28 heavy (non-hydrogen) atoms. The van der Waals surface area contributed by atoms with E-state index in [9.17, 15) is 4.79 Å². The summed E-state index contributed by atoms with van der Waals surface area (Å²) in [6.45, 7) is 6.91. The molecular formula is C21H23ClN4OS. The van der Waals surface area contributed by atoms with Gasteiger partial charge in [-0.15, -0.1) is 10.2 Å². The second kappa shape index (κ2) is 9.26. The Labute approximate surface area is 174 Å². The summed E-state index contributed by atoms with van der Waals surface area (Å²) in [6, 6.07) is 13.5. The zero-order valence-corrected chi connectivity index (χ0v) is 17.8. The summed E-state index contributed by atoms with van der Waals surface area (Å²) >= 11 is 7.38. The zero-order valence-electron chi connectivity index (χ0n) is 16.2. The highest BCUT2D eigenvalue weighted by Crippen LogP contribution is 2.26. The Morgan fingerprint density at radius 2 is 1.89 bits per heavy atom. The van der Waals surface area contributed by atoms with Gasteiger partial charge in [-0.05, 0) is 56.2 Å². The third-order valence-electron chi connectivity index (χ3n) is 4.25. The van der Waals surface area contributed by atoms with Crippen LogP contribution in [0.1, 0.15) is 24.5 Å². The van der Waals surface area contributed by atoms with E-state index in [4.69, 9.17) is 11.6 Å². The van der Waals surface area contributed by atoms with Crippen molar-refractivity contribution in [2.45, 2.75) is 38.9 Å². The van der Waals surface area contributed by atoms with Crippen molar-refractivity contribution in [1.29, 1.82) is 0 Å². The first-order valence-corrected chi connectivity index (χ1v) is 10.5. The Morgan fingerprint density at radius 1 is 1.14 bits per heavy atom. The van der Waals surface area contributed by atoms with Crippen molar-refractivity contribution in [2.24, 2.45) is 0 Å². The number of aromatic nitrogens is 3. The molecule has 0 saturated heterocycles. The summed E-state index contributed by atoms with van der Waals surface area (Å²) in [5.41, 5.74) is 4.02. The van der Waals surface area contributed by atoms with Crippen LogP contribution in [0, 0.1) is 13.8 Å². The first kappa shape index (κ1) is 20.4. The molecule has 7 heteroatoms. The van der Waals surface area contributed by atoms with Crippen LogP contribution in [-0.2, 0) is 11.3 Å². The number of hydrogen-bond donors (Lipinski definition) is 1. The van der Waals surface area contributed by atoms with E-state index < -0.39 is 0 Å². The third-order valence-corrected chi connectivity index (χ3v) is 5.47. The normalized spacial score (nSPS) is 10.9. The number of carbonyl (C=O) groups is 1. The molecule has 2 aromatic carbocycles. The van der Waals surface area contributed by atoms with Gasteiger partial charge in [0.1, 0.15) is 0 Å². The van der Waals surface area contributed by atoms with Crippen LogP contribution in [0.25, 0.3) is 11.4 Å². The van der Waals surface area contributed by atoms with Crippen LogP contribution in [0.15, 0.2) is 47.6 Å². The lowest BCUT2D eigenvalue weighted by atomic mass is 10.1. The van der Waals surface area contributed by atoms with E-state index in [2.05, 4.69) is 33.1 Å². The van der Waals surface area contributed by atoms with Crippen LogP contribution in [0.4, 0.5) is 5.69 Å². The number of amides is 1. The molecular weight excluding hydrogens is 392 g/mol. The summed E-state index contributed by atoms with van der Waals surface area (Å²) in [5.74, 6) is 1.00. The number of anilines is 1. The van der Waals surface area contributed by atoms with Crippen LogP contribution >= 0.6 is 23.4 Å². The Bertz CT molecular complexity index is 969. The minimum absolute atomic E-state index is 0.0592. The molecule has 3 aromatic rings. The molecule has 0 bridgehead atoms. The molecule has 0 aliphatic rings. The van der Waals surface area contributed by atoms with Crippen molar-refractivity contribution in [3.05, 3.63) is 58.6 Å². The van der Waals surface area contributed by atoms with Crippen molar-refractivity contribution >= 4 is 35.0 Å². The van der Waals surface area contributed by atoms with Crippen LogP contribution in [0.2, 0.25) is 5.02 Å². The number of thioether (sulfide) groups is 1. The van der Waals surface area contributed by atoms with E-state index in [1.54, 1.807) is 0 Å². The predicted octanol–water partition coefficient (Wildman–Crippen LogP) is 5.36. The van der Waals surface area contributed by atoms with Crippen molar-refractivity contribution in [3.63, 3.8) is 0 Å². The van der Waals surface area contributed by atoms with Gasteiger partial charge >= 0.3 is 0 Å². The van der Waals surface area contributed by atoms with Crippen LogP contribution in [-0.4, -0.2) is 26.4 Å². The lowest BCUT2D eigenvalue weighted by Crippen LogP contribution is -2.15. The molecule has 0 saturated carbocycles. The number of rotatable bonds is 7. The van der Waals surface area contributed by atoms with Crippen molar-refractivity contribution < 1.29 is 4.79 Å². The Kier molecular flexibility index (Phi) is 6.75. The quantitative estimate of drug-likeness (QED) is 0.529. The summed E-state index contributed by atoms with van der Waals surface area (Å²) < 4.78 is 2.05. The molecule has 0 radical (unpaired) electrons. The van der Waals surface area contributed by atoms with E-state index in [0.717, 1.165) is 40.8 Å². The smallest absolute Gasteiger partial charge is 0.234 e. The minimum Gasteiger partial charge on any atom is -0.325 e. The largest absolute Gasteiger partial charge is 0.325 e. The van der Waals surface area contributed by atoms with Crippen LogP contribution in [0.3, 0.4) is 0 Å². The molecule has 146 valence electrons. The Balaban J connectivity index is 1.71. The van der Waals surface area contributed by atoms with Gasteiger partial charge in [-0.3, -0.25) is 4.79 Å². The maximum absolute atomic E-state index is 12.4. The van der Waals surface area contributed by atoms with Gasteiger partial charge in [0.05, 0.1) is 5.75 Å². The average Bonchev–Trinajstić information content (AvgIpc) is 3.06.